The number of rotatable bonds is 5. The Morgan fingerprint density at radius 1 is 1.28 bits per heavy atom. The molecule has 0 aliphatic heterocycles. The van der Waals surface area contributed by atoms with Crippen LogP contribution in [-0.4, -0.2) is 27.8 Å². The van der Waals surface area contributed by atoms with Gasteiger partial charge in [-0.05, 0) is 30.3 Å². The van der Waals surface area contributed by atoms with Crippen LogP contribution in [0.25, 0.3) is 15.3 Å². The van der Waals surface area contributed by atoms with E-state index in [9.17, 15) is 9.59 Å². The number of thiazole rings is 1. The number of ether oxygens (including phenoxy) is 1. The van der Waals surface area contributed by atoms with Gasteiger partial charge >= 0.3 is 0 Å². The molecule has 0 spiro atoms. The summed E-state index contributed by atoms with van der Waals surface area (Å²) in [6.45, 7) is -0.182. The molecule has 4 rings (SSSR count). The van der Waals surface area contributed by atoms with E-state index in [2.05, 4.69) is 10.3 Å². The Morgan fingerprint density at radius 3 is 2.84 bits per heavy atom. The maximum Gasteiger partial charge on any atom is 0.265 e. The van der Waals surface area contributed by atoms with Gasteiger partial charge in [0.05, 0.1) is 10.4 Å². The van der Waals surface area contributed by atoms with Crippen molar-refractivity contribution in [3.8, 4) is 5.75 Å². The van der Waals surface area contributed by atoms with E-state index in [0.29, 0.717) is 16.3 Å². The van der Waals surface area contributed by atoms with Gasteiger partial charge in [0.15, 0.2) is 11.6 Å². The molecular formula is C16H12N4O3S2. The first-order valence-corrected chi connectivity index (χ1v) is 8.97. The number of thiophene rings is 1. The number of nitrogens with two attached hydrogens (primary N) is 1. The van der Waals surface area contributed by atoms with Gasteiger partial charge in [-0.25, -0.2) is 4.98 Å². The summed E-state index contributed by atoms with van der Waals surface area (Å²) < 4.78 is 7.15. The largest absolute Gasteiger partial charge is 0.484 e. The van der Waals surface area contributed by atoms with Gasteiger partial charge in [0, 0.05) is 17.3 Å². The number of benzene rings is 1. The molecule has 0 unspecified atom stereocenters. The number of nitrogens with one attached hydrogen (secondary N) is 1. The maximum absolute atomic E-state index is 12.4. The molecule has 3 heterocycles. The zero-order valence-electron chi connectivity index (χ0n) is 12.8. The standard InChI is InChI=1S/C16H12N4O3S2/c17-13(21)8-23-10-3-1-9(2-4-10)18-14(22)12-7-11-15(25-12)19-16-20(11)5-6-24-16/h1-7H,8H2,(H2,17,21)(H,18,22). The maximum atomic E-state index is 12.4. The summed E-state index contributed by atoms with van der Waals surface area (Å²) in [5.41, 5.74) is 6.59. The van der Waals surface area contributed by atoms with Crippen molar-refractivity contribution in [3.05, 3.63) is 46.8 Å². The molecule has 0 aliphatic carbocycles. The third-order valence-electron chi connectivity index (χ3n) is 3.46. The van der Waals surface area contributed by atoms with Gasteiger partial charge in [-0.1, -0.05) is 0 Å². The summed E-state index contributed by atoms with van der Waals surface area (Å²) in [6, 6.07) is 8.56. The van der Waals surface area contributed by atoms with Crippen LogP contribution >= 0.6 is 22.7 Å². The molecule has 2 amide bonds. The molecule has 25 heavy (non-hydrogen) atoms. The molecule has 3 aromatic heterocycles. The second kappa shape index (κ2) is 6.19. The highest BCUT2D eigenvalue weighted by Gasteiger charge is 2.15. The number of fused-ring (bicyclic) bond motifs is 3. The smallest absolute Gasteiger partial charge is 0.265 e. The minimum atomic E-state index is -0.541. The molecule has 9 heteroatoms. The fraction of sp³-hybridized carbons (Fsp3) is 0.0625. The average Bonchev–Trinajstić information content (AvgIpc) is 3.26. The van der Waals surface area contributed by atoms with Crippen LogP contribution < -0.4 is 15.8 Å². The summed E-state index contributed by atoms with van der Waals surface area (Å²) in [6.07, 6.45) is 1.94. The molecule has 7 nitrogen and oxygen atoms in total. The molecule has 0 atom stereocenters. The minimum Gasteiger partial charge on any atom is -0.484 e. The number of carbonyl (C=O) groups is 2. The second-order valence-corrected chi connectivity index (χ2v) is 7.11. The number of anilines is 1. The van der Waals surface area contributed by atoms with Crippen LogP contribution in [0.1, 0.15) is 9.67 Å². The molecule has 126 valence electrons. The Bertz CT molecular complexity index is 1080. The first-order valence-electron chi connectivity index (χ1n) is 7.28. The number of aromatic nitrogens is 2. The summed E-state index contributed by atoms with van der Waals surface area (Å²) >= 11 is 2.91. The van der Waals surface area contributed by atoms with Crippen molar-refractivity contribution >= 4 is 55.5 Å². The Hall–Kier alpha value is -2.91. The number of nitrogens with zero attached hydrogens (tertiary/aromatic N) is 2. The van der Waals surface area contributed by atoms with E-state index in [4.69, 9.17) is 10.5 Å². The van der Waals surface area contributed by atoms with Gasteiger partial charge in [-0.3, -0.25) is 14.0 Å². The summed E-state index contributed by atoms with van der Waals surface area (Å²) in [5, 5.41) is 4.79. The lowest BCUT2D eigenvalue weighted by atomic mass is 10.3. The van der Waals surface area contributed by atoms with E-state index in [-0.39, 0.29) is 12.5 Å². The van der Waals surface area contributed by atoms with Gasteiger partial charge in [-0.2, -0.15) is 0 Å². The Labute approximate surface area is 149 Å². The van der Waals surface area contributed by atoms with Crippen LogP contribution in [0.4, 0.5) is 5.69 Å². The first-order chi connectivity index (χ1) is 12.1. The van der Waals surface area contributed by atoms with E-state index in [0.717, 1.165) is 15.3 Å². The highest BCUT2D eigenvalue weighted by molar-refractivity contribution is 7.21. The van der Waals surface area contributed by atoms with Gasteiger partial charge in [0.25, 0.3) is 11.8 Å². The Morgan fingerprint density at radius 2 is 2.08 bits per heavy atom. The highest BCUT2D eigenvalue weighted by Crippen LogP contribution is 2.28. The molecular weight excluding hydrogens is 360 g/mol. The van der Waals surface area contributed by atoms with E-state index >= 15 is 0 Å². The molecule has 1 aromatic carbocycles. The topological polar surface area (TPSA) is 98.7 Å². The molecule has 0 bridgehead atoms. The normalized spacial score (nSPS) is 11.0. The number of carbonyl (C=O) groups excluding carboxylic acids is 2. The van der Waals surface area contributed by atoms with Gasteiger partial charge in [0.1, 0.15) is 10.6 Å². The summed E-state index contributed by atoms with van der Waals surface area (Å²) in [7, 11) is 0. The molecule has 0 radical (unpaired) electrons. The van der Waals surface area contributed by atoms with Crippen molar-refractivity contribution < 1.29 is 14.3 Å². The molecule has 0 saturated carbocycles. The van der Waals surface area contributed by atoms with Crippen LogP contribution in [0.3, 0.4) is 0 Å². The number of imidazole rings is 1. The monoisotopic (exact) mass is 372 g/mol. The quantitative estimate of drug-likeness (QED) is 0.563. The van der Waals surface area contributed by atoms with Crippen molar-refractivity contribution in [2.75, 3.05) is 11.9 Å². The molecule has 3 N–H and O–H groups in total. The van der Waals surface area contributed by atoms with Crippen molar-refractivity contribution in [2.45, 2.75) is 0 Å². The predicted molar refractivity (Wildman–Crippen MR) is 97.5 cm³/mol. The summed E-state index contributed by atoms with van der Waals surface area (Å²) in [4.78, 5) is 30.0. The van der Waals surface area contributed by atoms with Gasteiger partial charge in [-0.15, -0.1) is 22.7 Å². The van der Waals surface area contributed by atoms with Crippen LogP contribution in [0.2, 0.25) is 0 Å². The van der Waals surface area contributed by atoms with E-state index in [1.54, 1.807) is 35.6 Å². The fourth-order valence-corrected chi connectivity index (χ4v) is 4.04. The third kappa shape index (κ3) is 3.06. The summed E-state index contributed by atoms with van der Waals surface area (Å²) in [5.74, 6) is -0.231. The highest BCUT2D eigenvalue weighted by atomic mass is 32.1. The lowest BCUT2D eigenvalue weighted by Crippen LogP contribution is -2.20. The van der Waals surface area contributed by atoms with Crippen molar-refractivity contribution in [3.63, 3.8) is 0 Å². The second-order valence-electron chi connectivity index (χ2n) is 5.20. The van der Waals surface area contributed by atoms with Crippen molar-refractivity contribution in [1.29, 1.82) is 0 Å². The minimum absolute atomic E-state index is 0.182. The third-order valence-corrected chi connectivity index (χ3v) is 5.23. The molecule has 0 fully saturated rings. The van der Waals surface area contributed by atoms with Gasteiger partial charge in [0.2, 0.25) is 0 Å². The van der Waals surface area contributed by atoms with Crippen molar-refractivity contribution in [2.24, 2.45) is 5.73 Å². The van der Waals surface area contributed by atoms with Crippen LogP contribution in [-0.2, 0) is 4.79 Å². The van der Waals surface area contributed by atoms with E-state index in [1.165, 1.54) is 11.3 Å². The van der Waals surface area contributed by atoms with E-state index < -0.39 is 5.91 Å². The molecule has 0 saturated heterocycles. The van der Waals surface area contributed by atoms with Crippen LogP contribution in [0.5, 0.6) is 5.75 Å². The van der Waals surface area contributed by atoms with Crippen LogP contribution in [0, 0.1) is 0 Å². The molecule has 0 aliphatic rings. The zero-order chi connectivity index (χ0) is 17.4. The average molecular weight is 372 g/mol. The lowest BCUT2D eigenvalue weighted by Gasteiger charge is -2.06. The Kier molecular flexibility index (Phi) is 3.86. The number of amides is 2. The Balaban J connectivity index is 1.49. The number of hydrogen-bond acceptors (Lipinski definition) is 6. The van der Waals surface area contributed by atoms with Crippen molar-refractivity contribution in [1.82, 2.24) is 9.38 Å². The van der Waals surface area contributed by atoms with E-state index in [1.807, 2.05) is 22.0 Å². The van der Waals surface area contributed by atoms with Gasteiger partial charge < -0.3 is 15.8 Å². The lowest BCUT2D eigenvalue weighted by molar-refractivity contribution is -0.119. The predicted octanol–water partition coefficient (Wildman–Crippen LogP) is 2.73. The first kappa shape index (κ1) is 15.6. The number of primary amides is 1. The zero-order valence-corrected chi connectivity index (χ0v) is 14.4. The van der Waals surface area contributed by atoms with Crippen LogP contribution in [0.15, 0.2) is 41.9 Å². The molecule has 4 aromatic rings. The fourth-order valence-electron chi connectivity index (χ4n) is 2.34. The SMILES string of the molecule is NC(=O)COc1ccc(NC(=O)c2cc3c(nc4sccn43)s2)cc1. The number of hydrogen-bond donors (Lipinski definition) is 2.